The average Bonchev–Trinajstić information content (AvgIpc) is 3.14. The van der Waals surface area contributed by atoms with E-state index < -0.39 is 0 Å². The van der Waals surface area contributed by atoms with Crippen LogP contribution in [-0.4, -0.2) is 9.55 Å². The molecule has 0 amide bonds. The maximum Gasteiger partial charge on any atom is 0.272 e. The van der Waals surface area contributed by atoms with Crippen LogP contribution in [0.4, 0.5) is 0 Å². The Morgan fingerprint density at radius 1 is 1.04 bits per heavy atom. The molecule has 0 aliphatic heterocycles. The largest absolute Gasteiger partial charge is 0.282 e. The molecular weight excluding hydrogens is 396 g/mol. The van der Waals surface area contributed by atoms with Gasteiger partial charge in [-0.1, -0.05) is 65.3 Å². The number of hydrogen-bond acceptors (Lipinski definition) is 4. The highest BCUT2D eigenvalue weighted by Crippen LogP contribution is 2.25. The third-order valence-electron chi connectivity index (χ3n) is 4.27. The van der Waals surface area contributed by atoms with E-state index in [0.29, 0.717) is 11.2 Å². The quantitative estimate of drug-likeness (QED) is 0.308. The zero-order valence-corrected chi connectivity index (χ0v) is 17.1. The van der Waals surface area contributed by atoms with Gasteiger partial charge in [-0.15, -0.1) is 11.3 Å². The van der Waals surface area contributed by atoms with E-state index in [0.717, 1.165) is 32.6 Å². The molecule has 27 heavy (non-hydrogen) atoms. The number of benzene rings is 2. The molecule has 0 unspecified atom stereocenters. The SMILES string of the molecule is Cc1ccc(Cn2c(SCc3ccc(Cl)cc3)nc3ccsc3c2=O)cc1. The van der Waals surface area contributed by atoms with Gasteiger partial charge in [0.05, 0.1) is 12.1 Å². The Kier molecular flexibility index (Phi) is 5.34. The van der Waals surface area contributed by atoms with Gasteiger partial charge in [-0.05, 0) is 41.6 Å². The Labute approximate surface area is 170 Å². The Morgan fingerprint density at radius 2 is 1.74 bits per heavy atom. The number of fused-ring (bicyclic) bond motifs is 1. The van der Waals surface area contributed by atoms with Crippen LogP contribution in [0, 0.1) is 6.92 Å². The number of aryl methyl sites for hydroxylation is 1. The Balaban J connectivity index is 1.69. The third-order valence-corrected chi connectivity index (χ3v) is 6.46. The van der Waals surface area contributed by atoms with Gasteiger partial charge in [-0.2, -0.15) is 0 Å². The standard InChI is InChI=1S/C21H17ClN2OS2/c1-14-2-4-15(5-3-14)12-24-20(25)19-18(10-11-26-19)23-21(24)27-13-16-6-8-17(22)9-7-16/h2-11H,12-13H2,1H3. The summed E-state index contributed by atoms with van der Waals surface area (Å²) < 4.78 is 2.49. The summed E-state index contributed by atoms with van der Waals surface area (Å²) in [7, 11) is 0. The Hall–Kier alpha value is -2.08. The number of hydrogen-bond donors (Lipinski definition) is 0. The van der Waals surface area contributed by atoms with Gasteiger partial charge in [-0.25, -0.2) is 4.98 Å². The van der Waals surface area contributed by atoms with Crippen molar-refractivity contribution >= 4 is 44.9 Å². The normalized spacial score (nSPS) is 11.2. The summed E-state index contributed by atoms with van der Waals surface area (Å²) in [5.74, 6) is 0.729. The topological polar surface area (TPSA) is 34.9 Å². The van der Waals surface area contributed by atoms with E-state index >= 15 is 0 Å². The second-order valence-corrected chi connectivity index (χ2v) is 8.62. The van der Waals surface area contributed by atoms with Crippen molar-refractivity contribution < 1.29 is 0 Å². The van der Waals surface area contributed by atoms with Crippen LogP contribution in [-0.2, 0) is 12.3 Å². The fraction of sp³-hybridized carbons (Fsp3) is 0.143. The summed E-state index contributed by atoms with van der Waals surface area (Å²) in [6.45, 7) is 2.57. The molecule has 3 nitrogen and oxygen atoms in total. The summed E-state index contributed by atoms with van der Waals surface area (Å²) in [6.07, 6.45) is 0. The van der Waals surface area contributed by atoms with E-state index in [-0.39, 0.29) is 5.56 Å². The molecule has 0 fully saturated rings. The summed E-state index contributed by atoms with van der Waals surface area (Å²) in [5.41, 5.74) is 4.23. The molecule has 0 radical (unpaired) electrons. The van der Waals surface area contributed by atoms with Crippen LogP contribution < -0.4 is 5.56 Å². The van der Waals surface area contributed by atoms with Gasteiger partial charge >= 0.3 is 0 Å². The number of rotatable bonds is 5. The summed E-state index contributed by atoms with van der Waals surface area (Å²) in [6, 6.07) is 17.9. The van der Waals surface area contributed by atoms with Crippen molar-refractivity contribution in [1.29, 1.82) is 0 Å². The molecule has 2 heterocycles. The molecule has 0 aliphatic rings. The highest BCUT2D eigenvalue weighted by atomic mass is 35.5. The highest BCUT2D eigenvalue weighted by molar-refractivity contribution is 7.98. The van der Waals surface area contributed by atoms with E-state index in [9.17, 15) is 4.79 Å². The zero-order valence-electron chi connectivity index (χ0n) is 14.7. The molecule has 136 valence electrons. The number of thioether (sulfide) groups is 1. The van der Waals surface area contributed by atoms with Crippen LogP contribution in [0.2, 0.25) is 5.02 Å². The molecule has 0 spiro atoms. The monoisotopic (exact) mass is 412 g/mol. The van der Waals surface area contributed by atoms with Crippen molar-refractivity contribution in [3.8, 4) is 0 Å². The molecule has 0 saturated heterocycles. The average molecular weight is 413 g/mol. The molecule has 0 N–H and O–H groups in total. The van der Waals surface area contributed by atoms with E-state index in [1.165, 1.54) is 16.9 Å². The lowest BCUT2D eigenvalue weighted by molar-refractivity contribution is 0.659. The number of nitrogens with zero attached hydrogens (tertiary/aromatic N) is 2. The minimum absolute atomic E-state index is 0.0224. The van der Waals surface area contributed by atoms with Gasteiger partial charge < -0.3 is 0 Å². The molecule has 4 aromatic rings. The molecule has 0 atom stereocenters. The first-order valence-electron chi connectivity index (χ1n) is 8.51. The number of thiophene rings is 1. The fourth-order valence-electron chi connectivity index (χ4n) is 2.78. The van der Waals surface area contributed by atoms with Gasteiger partial charge in [0, 0.05) is 10.8 Å². The van der Waals surface area contributed by atoms with Gasteiger partial charge in [0.15, 0.2) is 5.16 Å². The lowest BCUT2D eigenvalue weighted by atomic mass is 10.1. The lowest BCUT2D eigenvalue weighted by Crippen LogP contribution is -2.23. The predicted octanol–water partition coefficient (Wildman–Crippen LogP) is 5.76. The molecular formula is C21H17ClN2OS2. The molecule has 0 aliphatic carbocycles. The minimum atomic E-state index is 0.0224. The van der Waals surface area contributed by atoms with Crippen molar-refractivity contribution in [3.05, 3.63) is 92.0 Å². The molecule has 2 aromatic carbocycles. The van der Waals surface area contributed by atoms with Gasteiger partial charge in [0.25, 0.3) is 5.56 Å². The van der Waals surface area contributed by atoms with Crippen molar-refractivity contribution in [3.63, 3.8) is 0 Å². The van der Waals surface area contributed by atoms with E-state index in [1.54, 1.807) is 16.3 Å². The first-order chi connectivity index (χ1) is 13.1. The van der Waals surface area contributed by atoms with Crippen LogP contribution in [0.3, 0.4) is 0 Å². The summed E-state index contributed by atoms with van der Waals surface area (Å²) in [4.78, 5) is 17.8. The Bertz CT molecular complexity index is 1130. The molecule has 6 heteroatoms. The second kappa shape index (κ2) is 7.89. The number of halogens is 1. The summed E-state index contributed by atoms with van der Waals surface area (Å²) >= 11 is 8.99. The third kappa shape index (κ3) is 4.10. The predicted molar refractivity (Wildman–Crippen MR) is 115 cm³/mol. The second-order valence-electron chi connectivity index (χ2n) is 6.32. The van der Waals surface area contributed by atoms with Crippen molar-refractivity contribution in [2.45, 2.75) is 24.4 Å². The van der Waals surface area contributed by atoms with Crippen molar-refractivity contribution in [2.75, 3.05) is 0 Å². The lowest BCUT2D eigenvalue weighted by Gasteiger charge is -2.12. The van der Waals surface area contributed by atoms with E-state index in [4.69, 9.17) is 16.6 Å². The smallest absolute Gasteiger partial charge is 0.272 e. The van der Waals surface area contributed by atoms with E-state index in [1.807, 2.05) is 35.7 Å². The zero-order chi connectivity index (χ0) is 18.8. The van der Waals surface area contributed by atoms with Crippen LogP contribution in [0.25, 0.3) is 10.2 Å². The summed E-state index contributed by atoms with van der Waals surface area (Å²) in [5, 5.41) is 3.38. The minimum Gasteiger partial charge on any atom is -0.282 e. The van der Waals surface area contributed by atoms with Crippen LogP contribution in [0.15, 0.2) is 69.9 Å². The van der Waals surface area contributed by atoms with Crippen LogP contribution >= 0.6 is 34.7 Å². The molecule has 0 bridgehead atoms. The maximum atomic E-state index is 13.0. The van der Waals surface area contributed by atoms with Gasteiger partial charge in [0.1, 0.15) is 4.70 Å². The van der Waals surface area contributed by atoms with Crippen molar-refractivity contribution in [1.82, 2.24) is 9.55 Å². The van der Waals surface area contributed by atoms with Crippen LogP contribution in [0.1, 0.15) is 16.7 Å². The first kappa shape index (κ1) is 18.3. The highest BCUT2D eigenvalue weighted by Gasteiger charge is 2.13. The number of aromatic nitrogens is 2. The molecule has 2 aromatic heterocycles. The van der Waals surface area contributed by atoms with Crippen LogP contribution in [0.5, 0.6) is 0 Å². The Morgan fingerprint density at radius 3 is 2.48 bits per heavy atom. The van der Waals surface area contributed by atoms with Gasteiger partial charge in [-0.3, -0.25) is 9.36 Å². The van der Waals surface area contributed by atoms with Gasteiger partial charge in [0.2, 0.25) is 0 Å². The first-order valence-corrected chi connectivity index (χ1v) is 10.8. The maximum absolute atomic E-state index is 13.0. The molecule has 0 saturated carbocycles. The fourth-order valence-corrected chi connectivity index (χ4v) is 4.64. The van der Waals surface area contributed by atoms with Crippen molar-refractivity contribution in [2.24, 2.45) is 0 Å². The van der Waals surface area contributed by atoms with E-state index in [2.05, 4.69) is 31.2 Å². The molecule has 4 rings (SSSR count).